The molecule has 0 amide bonds. The number of benzene rings is 2. The Labute approximate surface area is 154 Å². The van der Waals surface area contributed by atoms with Gasteiger partial charge < -0.3 is 24.7 Å². The van der Waals surface area contributed by atoms with Crippen LogP contribution in [0.15, 0.2) is 30.3 Å². The second-order valence-electron chi connectivity index (χ2n) is 6.18. The SMILES string of the molecule is COc1ccc(C2=C(c3cc(OC)c(OC)c(OC)c3)CCC2)cc1N. The van der Waals surface area contributed by atoms with Crippen LogP contribution >= 0.6 is 0 Å². The minimum absolute atomic E-state index is 0.604. The van der Waals surface area contributed by atoms with Gasteiger partial charge in [0.1, 0.15) is 5.75 Å². The maximum absolute atomic E-state index is 6.11. The highest BCUT2D eigenvalue weighted by Crippen LogP contribution is 2.46. The Hall–Kier alpha value is -2.82. The first kappa shape index (κ1) is 18.0. The van der Waals surface area contributed by atoms with Crippen molar-refractivity contribution in [1.82, 2.24) is 0 Å². The summed E-state index contributed by atoms with van der Waals surface area (Å²) >= 11 is 0. The van der Waals surface area contributed by atoms with Gasteiger partial charge in [-0.1, -0.05) is 6.07 Å². The zero-order valence-electron chi connectivity index (χ0n) is 15.7. The monoisotopic (exact) mass is 355 g/mol. The Morgan fingerprint density at radius 1 is 0.692 bits per heavy atom. The standard InChI is InChI=1S/C21H25NO4/c1-23-18-9-8-13(10-17(18)22)15-6-5-7-16(15)14-11-19(24-2)21(26-4)20(12-14)25-3/h8-12H,5-7,22H2,1-4H3. The van der Waals surface area contributed by atoms with Gasteiger partial charge in [0.15, 0.2) is 11.5 Å². The molecule has 0 atom stereocenters. The van der Waals surface area contributed by atoms with E-state index in [0.29, 0.717) is 28.7 Å². The average molecular weight is 355 g/mol. The van der Waals surface area contributed by atoms with E-state index in [0.717, 1.165) is 30.4 Å². The van der Waals surface area contributed by atoms with Crippen LogP contribution in [0.25, 0.3) is 11.1 Å². The van der Waals surface area contributed by atoms with Crippen molar-refractivity contribution >= 4 is 16.8 Å². The van der Waals surface area contributed by atoms with Crippen molar-refractivity contribution in [2.45, 2.75) is 19.3 Å². The molecule has 2 N–H and O–H groups in total. The first-order chi connectivity index (χ1) is 12.6. The minimum atomic E-state index is 0.604. The van der Waals surface area contributed by atoms with E-state index >= 15 is 0 Å². The van der Waals surface area contributed by atoms with Crippen LogP contribution in [0.3, 0.4) is 0 Å². The zero-order chi connectivity index (χ0) is 18.7. The molecule has 5 nitrogen and oxygen atoms in total. The summed E-state index contributed by atoms with van der Waals surface area (Å²) in [4.78, 5) is 0. The summed E-state index contributed by atoms with van der Waals surface area (Å²) in [6.07, 6.45) is 3.12. The zero-order valence-corrected chi connectivity index (χ0v) is 15.7. The Morgan fingerprint density at radius 2 is 1.27 bits per heavy atom. The number of rotatable bonds is 6. The van der Waals surface area contributed by atoms with E-state index in [2.05, 4.69) is 6.07 Å². The Bertz CT molecular complexity index is 817. The number of methoxy groups -OCH3 is 4. The summed E-state index contributed by atoms with van der Waals surface area (Å²) in [5.41, 5.74) is 11.6. The van der Waals surface area contributed by atoms with Crippen molar-refractivity contribution in [3.05, 3.63) is 41.5 Å². The van der Waals surface area contributed by atoms with Crippen LogP contribution in [-0.2, 0) is 0 Å². The van der Waals surface area contributed by atoms with E-state index in [1.54, 1.807) is 28.4 Å². The highest BCUT2D eigenvalue weighted by molar-refractivity contribution is 5.94. The number of anilines is 1. The normalized spacial score (nSPS) is 13.7. The number of nitrogen functional groups attached to an aromatic ring is 1. The first-order valence-electron chi connectivity index (χ1n) is 8.59. The number of hydrogen-bond acceptors (Lipinski definition) is 5. The summed E-state index contributed by atoms with van der Waals surface area (Å²) < 4.78 is 21.7. The molecule has 0 saturated carbocycles. The van der Waals surface area contributed by atoms with Crippen LogP contribution in [0.2, 0.25) is 0 Å². The fraction of sp³-hybridized carbons (Fsp3) is 0.333. The molecule has 0 radical (unpaired) electrons. The molecule has 5 heteroatoms. The minimum Gasteiger partial charge on any atom is -0.495 e. The summed E-state index contributed by atoms with van der Waals surface area (Å²) in [7, 11) is 6.51. The molecule has 0 heterocycles. The van der Waals surface area contributed by atoms with Gasteiger partial charge in [-0.3, -0.25) is 0 Å². The van der Waals surface area contributed by atoms with E-state index in [9.17, 15) is 0 Å². The molecular weight excluding hydrogens is 330 g/mol. The van der Waals surface area contributed by atoms with Crippen molar-refractivity contribution < 1.29 is 18.9 Å². The van der Waals surface area contributed by atoms with Gasteiger partial charge in [-0.2, -0.15) is 0 Å². The van der Waals surface area contributed by atoms with E-state index in [-0.39, 0.29) is 0 Å². The molecule has 1 aliphatic carbocycles. The summed E-state index contributed by atoms with van der Waals surface area (Å²) in [5.74, 6) is 2.62. The van der Waals surface area contributed by atoms with Crippen molar-refractivity contribution in [2.75, 3.05) is 34.2 Å². The maximum atomic E-state index is 6.11. The summed E-state index contributed by atoms with van der Waals surface area (Å²) in [5, 5.41) is 0. The van der Waals surface area contributed by atoms with Crippen LogP contribution in [0.4, 0.5) is 5.69 Å². The smallest absolute Gasteiger partial charge is 0.203 e. The maximum Gasteiger partial charge on any atom is 0.203 e. The van der Waals surface area contributed by atoms with Gasteiger partial charge in [0.2, 0.25) is 5.75 Å². The molecule has 1 aliphatic rings. The van der Waals surface area contributed by atoms with Crippen LogP contribution < -0.4 is 24.7 Å². The van der Waals surface area contributed by atoms with Gasteiger partial charge in [-0.15, -0.1) is 0 Å². The molecular formula is C21H25NO4. The third-order valence-electron chi connectivity index (χ3n) is 4.81. The largest absolute Gasteiger partial charge is 0.495 e. The lowest BCUT2D eigenvalue weighted by Crippen LogP contribution is -1.97. The molecule has 0 unspecified atom stereocenters. The van der Waals surface area contributed by atoms with Gasteiger partial charge in [-0.25, -0.2) is 0 Å². The average Bonchev–Trinajstić information content (AvgIpc) is 3.16. The molecule has 2 aromatic carbocycles. The number of hydrogen-bond donors (Lipinski definition) is 1. The second kappa shape index (κ2) is 7.60. The van der Waals surface area contributed by atoms with Gasteiger partial charge in [0.25, 0.3) is 0 Å². The number of ether oxygens (including phenoxy) is 4. The molecule has 138 valence electrons. The molecule has 2 aromatic rings. The predicted octanol–water partition coefficient (Wildman–Crippen LogP) is 4.40. The van der Waals surface area contributed by atoms with Crippen molar-refractivity contribution in [3.63, 3.8) is 0 Å². The van der Waals surface area contributed by atoms with Crippen molar-refractivity contribution in [1.29, 1.82) is 0 Å². The van der Waals surface area contributed by atoms with Crippen LogP contribution in [0.1, 0.15) is 30.4 Å². The lowest BCUT2D eigenvalue weighted by Gasteiger charge is -2.16. The number of allylic oxidation sites excluding steroid dienone is 2. The van der Waals surface area contributed by atoms with Crippen LogP contribution in [0, 0.1) is 0 Å². The molecule has 26 heavy (non-hydrogen) atoms. The second-order valence-corrected chi connectivity index (χ2v) is 6.18. The van der Waals surface area contributed by atoms with Crippen LogP contribution in [0.5, 0.6) is 23.0 Å². The Morgan fingerprint density at radius 3 is 1.77 bits per heavy atom. The lowest BCUT2D eigenvalue weighted by atomic mass is 9.96. The fourth-order valence-corrected chi connectivity index (χ4v) is 3.56. The highest BCUT2D eigenvalue weighted by Gasteiger charge is 2.22. The molecule has 0 saturated heterocycles. The van der Waals surface area contributed by atoms with Gasteiger partial charge in [0, 0.05) is 0 Å². The molecule has 0 aromatic heterocycles. The first-order valence-corrected chi connectivity index (χ1v) is 8.59. The summed E-state index contributed by atoms with van der Waals surface area (Å²) in [6, 6.07) is 9.98. The molecule has 3 rings (SSSR count). The van der Waals surface area contributed by atoms with Crippen molar-refractivity contribution in [2.24, 2.45) is 0 Å². The predicted molar refractivity (Wildman–Crippen MR) is 104 cm³/mol. The van der Waals surface area contributed by atoms with E-state index < -0.39 is 0 Å². The van der Waals surface area contributed by atoms with Crippen LogP contribution in [-0.4, -0.2) is 28.4 Å². The highest BCUT2D eigenvalue weighted by atomic mass is 16.5. The molecule has 0 bridgehead atoms. The summed E-state index contributed by atoms with van der Waals surface area (Å²) in [6.45, 7) is 0. The quantitative estimate of drug-likeness (QED) is 0.778. The molecule has 0 fully saturated rings. The van der Waals surface area contributed by atoms with Gasteiger partial charge in [-0.05, 0) is 65.8 Å². The topological polar surface area (TPSA) is 62.9 Å². The fourth-order valence-electron chi connectivity index (χ4n) is 3.56. The lowest BCUT2D eigenvalue weighted by molar-refractivity contribution is 0.324. The Kier molecular flexibility index (Phi) is 5.26. The van der Waals surface area contributed by atoms with E-state index in [1.807, 2.05) is 24.3 Å². The van der Waals surface area contributed by atoms with E-state index in [1.165, 1.54) is 11.1 Å². The van der Waals surface area contributed by atoms with Crippen molar-refractivity contribution in [3.8, 4) is 23.0 Å². The third-order valence-corrected chi connectivity index (χ3v) is 4.81. The molecule has 0 spiro atoms. The Balaban J connectivity index is 2.12. The molecule has 0 aliphatic heterocycles. The third kappa shape index (κ3) is 3.17. The van der Waals surface area contributed by atoms with E-state index in [4.69, 9.17) is 24.7 Å². The van der Waals surface area contributed by atoms with Gasteiger partial charge in [0.05, 0.1) is 34.1 Å². The van der Waals surface area contributed by atoms with Gasteiger partial charge >= 0.3 is 0 Å². The number of nitrogens with two attached hydrogens (primary N) is 1.